The molecule has 4 aromatic carbocycles. The summed E-state index contributed by atoms with van der Waals surface area (Å²) < 4.78 is 0. The number of amides is 2. The van der Waals surface area contributed by atoms with E-state index in [0.29, 0.717) is 32.4 Å². The van der Waals surface area contributed by atoms with E-state index in [0.717, 1.165) is 4.90 Å². The molecule has 0 atom stereocenters. The van der Waals surface area contributed by atoms with Gasteiger partial charge < -0.3 is 10.6 Å². The Hall–Kier alpha value is -3.84. The fraction of sp³-hybridized carbons (Fsp3) is 0.0333. The van der Waals surface area contributed by atoms with Gasteiger partial charge >= 0.3 is 0 Å². The first-order valence-corrected chi connectivity index (χ1v) is 13.3. The molecule has 0 fully saturated rings. The average molecular weight is 561 g/mol. The Labute approximate surface area is 234 Å². The molecule has 190 valence electrons. The number of halogens is 2. The standard InChI is InChI=1S/C30H22Cl2N2O3S/c31-23-11-9-21(10-12-23)28(35)19-38-26-15-13-25(14-16-26)33-30(37)27(18-20-5-4-8-24(32)17-20)34-29(36)22-6-2-1-3-7-22/h1-18H,19H2,(H,33,37)(H,34,36)/b27-18-. The van der Waals surface area contributed by atoms with E-state index in [-0.39, 0.29) is 17.2 Å². The molecule has 4 aromatic rings. The molecule has 0 aliphatic carbocycles. The zero-order chi connectivity index (χ0) is 26.9. The van der Waals surface area contributed by atoms with Crippen LogP contribution in [0, 0.1) is 0 Å². The van der Waals surface area contributed by atoms with Crippen LogP contribution in [0.3, 0.4) is 0 Å². The fourth-order valence-electron chi connectivity index (χ4n) is 3.41. The van der Waals surface area contributed by atoms with Crippen LogP contribution in [0.2, 0.25) is 10.0 Å². The second kappa shape index (κ2) is 13.1. The van der Waals surface area contributed by atoms with Crippen LogP contribution in [-0.4, -0.2) is 23.4 Å². The fourth-order valence-corrected chi connectivity index (χ4v) is 4.52. The molecule has 0 unspecified atom stereocenters. The third kappa shape index (κ3) is 7.83. The number of thioether (sulfide) groups is 1. The van der Waals surface area contributed by atoms with Gasteiger partial charge in [-0.05, 0) is 84.4 Å². The Bertz CT molecular complexity index is 1470. The predicted molar refractivity (Wildman–Crippen MR) is 155 cm³/mol. The summed E-state index contributed by atoms with van der Waals surface area (Å²) in [6.45, 7) is 0. The van der Waals surface area contributed by atoms with Crippen molar-refractivity contribution >= 4 is 64.3 Å². The van der Waals surface area contributed by atoms with Gasteiger partial charge in [0.2, 0.25) is 0 Å². The zero-order valence-electron chi connectivity index (χ0n) is 20.0. The summed E-state index contributed by atoms with van der Waals surface area (Å²) >= 11 is 13.4. The molecule has 2 N–H and O–H groups in total. The van der Waals surface area contributed by atoms with Crippen molar-refractivity contribution in [3.8, 4) is 0 Å². The van der Waals surface area contributed by atoms with Gasteiger partial charge in [-0.3, -0.25) is 14.4 Å². The summed E-state index contributed by atoms with van der Waals surface area (Å²) in [6, 6.07) is 29.5. The lowest BCUT2D eigenvalue weighted by molar-refractivity contribution is -0.113. The van der Waals surface area contributed by atoms with Gasteiger partial charge in [-0.2, -0.15) is 0 Å². The SMILES string of the molecule is O=C(Nc1ccc(SCC(=O)c2ccc(Cl)cc2)cc1)/C(=C/c1cccc(Cl)c1)NC(=O)c1ccccc1. The van der Waals surface area contributed by atoms with Crippen molar-refractivity contribution in [2.24, 2.45) is 0 Å². The van der Waals surface area contributed by atoms with E-state index in [1.807, 2.05) is 18.2 Å². The van der Waals surface area contributed by atoms with Gasteiger partial charge in [0, 0.05) is 31.8 Å². The van der Waals surface area contributed by atoms with E-state index in [4.69, 9.17) is 23.2 Å². The number of hydrogen-bond donors (Lipinski definition) is 2. The minimum Gasteiger partial charge on any atom is -0.321 e. The van der Waals surface area contributed by atoms with Gasteiger partial charge in [-0.25, -0.2) is 0 Å². The average Bonchev–Trinajstić information content (AvgIpc) is 2.93. The number of nitrogens with one attached hydrogen (secondary N) is 2. The Morgan fingerprint density at radius 1 is 0.737 bits per heavy atom. The van der Waals surface area contributed by atoms with Crippen molar-refractivity contribution in [3.05, 3.63) is 136 Å². The summed E-state index contributed by atoms with van der Waals surface area (Å²) in [7, 11) is 0. The molecule has 0 saturated heterocycles. The first-order chi connectivity index (χ1) is 18.4. The van der Waals surface area contributed by atoms with Crippen LogP contribution in [0.4, 0.5) is 5.69 Å². The maximum absolute atomic E-state index is 13.2. The van der Waals surface area contributed by atoms with Crippen molar-refractivity contribution in [2.45, 2.75) is 4.90 Å². The molecule has 0 aliphatic rings. The number of carbonyl (C=O) groups is 3. The van der Waals surface area contributed by atoms with Gasteiger partial charge in [0.15, 0.2) is 5.78 Å². The monoisotopic (exact) mass is 560 g/mol. The van der Waals surface area contributed by atoms with E-state index in [1.165, 1.54) is 11.8 Å². The van der Waals surface area contributed by atoms with Crippen molar-refractivity contribution in [1.82, 2.24) is 5.32 Å². The van der Waals surface area contributed by atoms with E-state index >= 15 is 0 Å². The Morgan fingerprint density at radius 3 is 2.13 bits per heavy atom. The largest absolute Gasteiger partial charge is 0.321 e. The highest BCUT2D eigenvalue weighted by atomic mass is 35.5. The van der Waals surface area contributed by atoms with Gasteiger partial charge in [-0.1, -0.05) is 53.5 Å². The van der Waals surface area contributed by atoms with Crippen molar-refractivity contribution in [3.63, 3.8) is 0 Å². The van der Waals surface area contributed by atoms with E-state index in [9.17, 15) is 14.4 Å². The molecular weight excluding hydrogens is 539 g/mol. The van der Waals surface area contributed by atoms with Crippen LogP contribution in [0.5, 0.6) is 0 Å². The highest BCUT2D eigenvalue weighted by molar-refractivity contribution is 8.00. The number of benzene rings is 4. The van der Waals surface area contributed by atoms with E-state index in [1.54, 1.807) is 91.0 Å². The molecule has 5 nitrogen and oxygen atoms in total. The molecule has 0 aliphatic heterocycles. The molecule has 0 spiro atoms. The lowest BCUT2D eigenvalue weighted by Gasteiger charge is -2.12. The number of hydrogen-bond acceptors (Lipinski definition) is 4. The highest BCUT2D eigenvalue weighted by Gasteiger charge is 2.15. The van der Waals surface area contributed by atoms with Gasteiger partial charge in [0.1, 0.15) is 5.70 Å². The van der Waals surface area contributed by atoms with Crippen LogP contribution in [0.25, 0.3) is 6.08 Å². The van der Waals surface area contributed by atoms with Crippen LogP contribution >= 0.6 is 35.0 Å². The topological polar surface area (TPSA) is 75.3 Å². The van der Waals surface area contributed by atoms with E-state index < -0.39 is 11.8 Å². The quantitative estimate of drug-likeness (QED) is 0.127. The molecule has 0 saturated carbocycles. The number of rotatable bonds is 9. The lowest BCUT2D eigenvalue weighted by Crippen LogP contribution is -2.30. The number of carbonyl (C=O) groups excluding carboxylic acids is 3. The molecule has 4 rings (SSSR count). The van der Waals surface area contributed by atoms with Crippen LogP contribution in [0.1, 0.15) is 26.3 Å². The maximum atomic E-state index is 13.2. The highest BCUT2D eigenvalue weighted by Crippen LogP contribution is 2.22. The zero-order valence-corrected chi connectivity index (χ0v) is 22.3. The summed E-state index contributed by atoms with van der Waals surface area (Å²) in [6.07, 6.45) is 1.56. The smallest absolute Gasteiger partial charge is 0.272 e. The molecule has 0 heterocycles. The van der Waals surface area contributed by atoms with Crippen molar-refractivity contribution < 1.29 is 14.4 Å². The second-order valence-electron chi connectivity index (χ2n) is 8.13. The van der Waals surface area contributed by atoms with Crippen LogP contribution < -0.4 is 10.6 Å². The van der Waals surface area contributed by atoms with Gasteiger partial charge in [0.25, 0.3) is 11.8 Å². The minimum atomic E-state index is -0.493. The van der Waals surface area contributed by atoms with E-state index in [2.05, 4.69) is 10.6 Å². The first-order valence-electron chi connectivity index (χ1n) is 11.5. The molecule has 0 bridgehead atoms. The minimum absolute atomic E-state index is 0.00556. The van der Waals surface area contributed by atoms with Crippen LogP contribution in [-0.2, 0) is 4.79 Å². The molecule has 38 heavy (non-hydrogen) atoms. The second-order valence-corrected chi connectivity index (χ2v) is 10.1. The van der Waals surface area contributed by atoms with Crippen molar-refractivity contribution in [2.75, 3.05) is 11.1 Å². The molecular formula is C30H22Cl2N2O3S. The maximum Gasteiger partial charge on any atom is 0.272 e. The summed E-state index contributed by atoms with van der Waals surface area (Å²) in [5.41, 5.74) is 2.28. The number of anilines is 1. The van der Waals surface area contributed by atoms with Crippen molar-refractivity contribution in [1.29, 1.82) is 0 Å². The molecule has 0 aromatic heterocycles. The normalized spacial score (nSPS) is 11.1. The molecule has 2 amide bonds. The third-order valence-electron chi connectivity index (χ3n) is 5.34. The Morgan fingerprint density at radius 2 is 1.45 bits per heavy atom. The van der Waals surface area contributed by atoms with Crippen LogP contribution in [0.15, 0.2) is 114 Å². The Balaban J connectivity index is 1.44. The summed E-state index contributed by atoms with van der Waals surface area (Å²) in [5.74, 6) is -0.640. The molecule has 8 heteroatoms. The summed E-state index contributed by atoms with van der Waals surface area (Å²) in [4.78, 5) is 39.2. The number of ketones is 1. The first kappa shape index (κ1) is 27.2. The summed E-state index contributed by atoms with van der Waals surface area (Å²) in [5, 5.41) is 6.61. The Kier molecular flexibility index (Phi) is 9.38. The van der Waals surface area contributed by atoms with Gasteiger partial charge in [-0.15, -0.1) is 11.8 Å². The third-order valence-corrected chi connectivity index (χ3v) is 6.84. The lowest BCUT2D eigenvalue weighted by atomic mass is 10.1. The van der Waals surface area contributed by atoms with Gasteiger partial charge in [0.05, 0.1) is 5.75 Å². The predicted octanol–water partition coefficient (Wildman–Crippen LogP) is 7.38. The number of Topliss-reactive ketones (excluding diaryl/α,β-unsaturated/α-hetero) is 1. The molecule has 0 radical (unpaired) electrons.